The minimum Gasteiger partial charge on any atom is -0.298 e. The standard InChI is InChI=1S/C10H13N.C2H4/c1-8-3-4-9-6-11(2)7-10(9)5-8;1-2/h3-5H,6-7H2,1-2H3;1-2H2. The van der Waals surface area contributed by atoms with Gasteiger partial charge in [0.05, 0.1) is 0 Å². The monoisotopic (exact) mass is 175 g/mol. The summed E-state index contributed by atoms with van der Waals surface area (Å²) >= 11 is 0. The number of aryl methyl sites for hydroxylation is 1. The number of rotatable bonds is 0. The molecule has 1 nitrogen and oxygen atoms in total. The summed E-state index contributed by atoms with van der Waals surface area (Å²) in [6.45, 7) is 10.4. The van der Waals surface area contributed by atoms with E-state index in [0.29, 0.717) is 0 Å². The summed E-state index contributed by atoms with van der Waals surface area (Å²) in [5, 5.41) is 0. The average Bonchev–Trinajstić information content (AvgIpc) is 2.48. The van der Waals surface area contributed by atoms with E-state index in [-0.39, 0.29) is 0 Å². The van der Waals surface area contributed by atoms with Crippen LogP contribution in [0.4, 0.5) is 0 Å². The predicted molar refractivity (Wildman–Crippen MR) is 57.6 cm³/mol. The van der Waals surface area contributed by atoms with Crippen LogP contribution in [0.3, 0.4) is 0 Å². The summed E-state index contributed by atoms with van der Waals surface area (Å²) in [6.07, 6.45) is 0. The second-order valence-electron chi connectivity index (χ2n) is 3.44. The molecule has 0 fully saturated rings. The zero-order valence-corrected chi connectivity index (χ0v) is 8.51. The van der Waals surface area contributed by atoms with E-state index >= 15 is 0 Å². The zero-order valence-electron chi connectivity index (χ0n) is 8.51. The van der Waals surface area contributed by atoms with Crippen molar-refractivity contribution in [2.24, 2.45) is 0 Å². The van der Waals surface area contributed by atoms with Crippen LogP contribution in [0.15, 0.2) is 31.4 Å². The van der Waals surface area contributed by atoms with Gasteiger partial charge in [-0.2, -0.15) is 0 Å². The van der Waals surface area contributed by atoms with Crippen LogP contribution in [0.5, 0.6) is 0 Å². The first kappa shape index (κ1) is 10.0. The molecular weight excluding hydrogens is 158 g/mol. The lowest BCUT2D eigenvalue weighted by molar-refractivity contribution is 0.353. The van der Waals surface area contributed by atoms with E-state index < -0.39 is 0 Å². The minimum absolute atomic E-state index is 1.12. The van der Waals surface area contributed by atoms with Crippen molar-refractivity contribution in [3.63, 3.8) is 0 Å². The third-order valence-corrected chi connectivity index (χ3v) is 2.24. The first-order valence-corrected chi connectivity index (χ1v) is 4.52. The molecule has 1 aliphatic heterocycles. The molecule has 0 N–H and O–H groups in total. The molecule has 1 aromatic carbocycles. The summed E-state index contributed by atoms with van der Waals surface area (Å²) < 4.78 is 0. The van der Waals surface area contributed by atoms with Crippen molar-refractivity contribution in [3.05, 3.63) is 48.0 Å². The van der Waals surface area contributed by atoms with Crippen LogP contribution in [-0.2, 0) is 13.1 Å². The van der Waals surface area contributed by atoms with Gasteiger partial charge in [0.15, 0.2) is 0 Å². The Bertz CT molecular complexity index is 291. The van der Waals surface area contributed by atoms with Gasteiger partial charge in [-0.05, 0) is 25.1 Å². The third kappa shape index (κ3) is 2.19. The quantitative estimate of drug-likeness (QED) is 0.548. The van der Waals surface area contributed by atoms with Gasteiger partial charge in [-0.1, -0.05) is 23.8 Å². The maximum atomic E-state index is 3.00. The summed E-state index contributed by atoms with van der Waals surface area (Å²) in [4.78, 5) is 2.34. The molecule has 0 unspecified atom stereocenters. The van der Waals surface area contributed by atoms with Gasteiger partial charge in [-0.25, -0.2) is 0 Å². The highest BCUT2D eigenvalue weighted by molar-refractivity contribution is 5.33. The van der Waals surface area contributed by atoms with Crippen LogP contribution in [0.1, 0.15) is 16.7 Å². The Morgan fingerprint density at radius 2 is 1.77 bits per heavy atom. The second kappa shape index (κ2) is 4.24. The first-order chi connectivity index (χ1) is 6.25. The van der Waals surface area contributed by atoms with Gasteiger partial charge in [0.25, 0.3) is 0 Å². The Hall–Kier alpha value is -1.08. The van der Waals surface area contributed by atoms with E-state index in [1.807, 2.05) is 0 Å². The molecule has 0 saturated heterocycles. The van der Waals surface area contributed by atoms with Gasteiger partial charge >= 0.3 is 0 Å². The molecular formula is C12H17N. The van der Waals surface area contributed by atoms with Crippen molar-refractivity contribution in [1.82, 2.24) is 4.90 Å². The molecule has 0 atom stereocenters. The normalized spacial score (nSPS) is 14.6. The molecule has 0 bridgehead atoms. The lowest BCUT2D eigenvalue weighted by Crippen LogP contribution is -2.07. The van der Waals surface area contributed by atoms with Crippen molar-refractivity contribution in [2.75, 3.05) is 7.05 Å². The Morgan fingerprint density at radius 3 is 2.46 bits per heavy atom. The number of hydrogen-bond acceptors (Lipinski definition) is 1. The molecule has 2 rings (SSSR count). The molecule has 13 heavy (non-hydrogen) atoms. The summed E-state index contributed by atoms with van der Waals surface area (Å²) in [7, 11) is 2.16. The van der Waals surface area contributed by atoms with Crippen molar-refractivity contribution in [3.8, 4) is 0 Å². The first-order valence-electron chi connectivity index (χ1n) is 4.52. The largest absolute Gasteiger partial charge is 0.298 e. The van der Waals surface area contributed by atoms with E-state index in [9.17, 15) is 0 Å². The Morgan fingerprint density at radius 1 is 1.15 bits per heavy atom. The highest BCUT2D eigenvalue weighted by atomic mass is 15.1. The maximum absolute atomic E-state index is 3.00. The number of hydrogen-bond donors (Lipinski definition) is 0. The summed E-state index contributed by atoms with van der Waals surface area (Å²) in [5.74, 6) is 0. The number of fused-ring (bicyclic) bond motifs is 1. The number of benzene rings is 1. The van der Waals surface area contributed by atoms with Crippen LogP contribution in [-0.4, -0.2) is 11.9 Å². The molecule has 0 amide bonds. The molecule has 1 aromatic rings. The molecule has 70 valence electrons. The van der Waals surface area contributed by atoms with Crippen molar-refractivity contribution in [1.29, 1.82) is 0 Å². The van der Waals surface area contributed by atoms with Crippen molar-refractivity contribution >= 4 is 0 Å². The molecule has 0 aromatic heterocycles. The summed E-state index contributed by atoms with van der Waals surface area (Å²) in [5.41, 5.74) is 4.38. The molecule has 0 spiro atoms. The average molecular weight is 175 g/mol. The fourth-order valence-electron chi connectivity index (χ4n) is 1.69. The number of nitrogens with zero attached hydrogens (tertiary/aromatic N) is 1. The highest BCUT2D eigenvalue weighted by Gasteiger charge is 2.13. The fraction of sp³-hybridized carbons (Fsp3) is 0.333. The highest BCUT2D eigenvalue weighted by Crippen LogP contribution is 2.21. The van der Waals surface area contributed by atoms with Crippen LogP contribution in [0.2, 0.25) is 0 Å². The van der Waals surface area contributed by atoms with Crippen LogP contribution in [0, 0.1) is 6.92 Å². The Labute approximate surface area is 80.7 Å². The lowest BCUT2D eigenvalue weighted by atomic mass is 10.1. The molecule has 0 radical (unpaired) electrons. The van der Waals surface area contributed by atoms with Gasteiger partial charge in [-0.15, -0.1) is 13.2 Å². The fourth-order valence-corrected chi connectivity index (χ4v) is 1.69. The van der Waals surface area contributed by atoms with E-state index in [1.165, 1.54) is 16.7 Å². The van der Waals surface area contributed by atoms with Crippen LogP contribution >= 0.6 is 0 Å². The van der Waals surface area contributed by atoms with Crippen LogP contribution < -0.4 is 0 Å². The van der Waals surface area contributed by atoms with Crippen molar-refractivity contribution < 1.29 is 0 Å². The van der Waals surface area contributed by atoms with Gasteiger partial charge in [-0.3, -0.25) is 4.90 Å². The van der Waals surface area contributed by atoms with Gasteiger partial charge < -0.3 is 0 Å². The van der Waals surface area contributed by atoms with Gasteiger partial charge in [0.1, 0.15) is 0 Å². The Balaban J connectivity index is 0.000000396. The Kier molecular flexibility index (Phi) is 3.26. The maximum Gasteiger partial charge on any atom is 0.0237 e. The van der Waals surface area contributed by atoms with E-state index in [0.717, 1.165) is 13.1 Å². The SMILES string of the molecule is C=C.Cc1ccc2c(c1)CN(C)C2. The van der Waals surface area contributed by atoms with E-state index in [1.54, 1.807) is 0 Å². The minimum atomic E-state index is 1.12. The predicted octanol–water partition coefficient (Wildman–Crippen LogP) is 2.74. The van der Waals surface area contributed by atoms with E-state index in [2.05, 4.69) is 50.2 Å². The van der Waals surface area contributed by atoms with Crippen LogP contribution in [0.25, 0.3) is 0 Å². The van der Waals surface area contributed by atoms with Crippen molar-refractivity contribution in [2.45, 2.75) is 20.0 Å². The summed E-state index contributed by atoms with van der Waals surface area (Å²) in [6, 6.07) is 6.73. The molecule has 1 heteroatoms. The van der Waals surface area contributed by atoms with E-state index in [4.69, 9.17) is 0 Å². The smallest absolute Gasteiger partial charge is 0.0237 e. The topological polar surface area (TPSA) is 3.24 Å². The van der Waals surface area contributed by atoms with Gasteiger partial charge in [0.2, 0.25) is 0 Å². The lowest BCUT2D eigenvalue weighted by Gasteiger charge is -2.02. The van der Waals surface area contributed by atoms with Gasteiger partial charge in [0, 0.05) is 13.1 Å². The molecule has 0 saturated carbocycles. The molecule has 1 aliphatic rings. The third-order valence-electron chi connectivity index (χ3n) is 2.24. The molecule has 0 aliphatic carbocycles. The zero-order chi connectivity index (χ0) is 9.84. The molecule has 1 heterocycles. The second-order valence-corrected chi connectivity index (χ2v) is 3.44.